The first-order valence-electron chi connectivity index (χ1n) is 6.96. The maximum absolute atomic E-state index is 12.6. The standard InChI is InChI=1S/C16H18N2O2/c1-2-18(11-14-4-3-9-20-14)16(19)13-5-6-15-12(10-13)7-8-17-15/h3-6,9-10,17H,2,7-8,11H2,1H3. The molecule has 0 bridgehead atoms. The summed E-state index contributed by atoms with van der Waals surface area (Å²) in [6.07, 6.45) is 2.62. The number of fused-ring (bicyclic) bond motifs is 1. The van der Waals surface area contributed by atoms with Gasteiger partial charge in [0.1, 0.15) is 5.76 Å². The minimum atomic E-state index is 0.0543. The van der Waals surface area contributed by atoms with Crippen molar-refractivity contribution in [2.45, 2.75) is 19.9 Å². The summed E-state index contributed by atoms with van der Waals surface area (Å²) in [5.74, 6) is 0.863. The van der Waals surface area contributed by atoms with Crippen LogP contribution in [-0.4, -0.2) is 23.9 Å². The van der Waals surface area contributed by atoms with Gasteiger partial charge in [0, 0.05) is 24.3 Å². The van der Waals surface area contributed by atoms with E-state index in [9.17, 15) is 4.79 Å². The summed E-state index contributed by atoms with van der Waals surface area (Å²) >= 11 is 0. The second-order valence-electron chi connectivity index (χ2n) is 4.95. The van der Waals surface area contributed by atoms with E-state index < -0.39 is 0 Å². The summed E-state index contributed by atoms with van der Waals surface area (Å²) < 4.78 is 5.32. The van der Waals surface area contributed by atoms with Crippen molar-refractivity contribution in [2.24, 2.45) is 0 Å². The van der Waals surface area contributed by atoms with Gasteiger partial charge in [-0.2, -0.15) is 0 Å². The molecule has 1 N–H and O–H groups in total. The van der Waals surface area contributed by atoms with Gasteiger partial charge in [-0.15, -0.1) is 0 Å². The van der Waals surface area contributed by atoms with Crippen LogP contribution in [0.4, 0.5) is 5.69 Å². The second kappa shape index (κ2) is 5.41. The van der Waals surface area contributed by atoms with E-state index in [-0.39, 0.29) is 5.91 Å². The van der Waals surface area contributed by atoms with Crippen molar-refractivity contribution in [1.82, 2.24) is 4.90 Å². The molecule has 1 aromatic carbocycles. The average Bonchev–Trinajstić information content (AvgIpc) is 3.14. The van der Waals surface area contributed by atoms with Crippen molar-refractivity contribution in [1.29, 1.82) is 0 Å². The molecule has 4 nitrogen and oxygen atoms in total. The maximum atomic E-state index is 12.6. The highest BCUT2D eigenvalue weighted by Gasteiger charge is 2.18. The average molecular weight is 270 g/mol. The first kappa shape index (κ1) is 12.8. The highest BCUT2D eigenvalue weighted by molar-refractivity contribution is 5.95. The monoisotopic (exact) mass is 270 g/mol. The molecule has 0 saturated carbocycles. The van der Waals surface area contributed by atoms with Crippen LogP contribution in [-0.2, 0) is 13.0 Å². The molecule has 4 heteroatoms. The van der Waals surface area contributed by atoms with Gasteiger partial charge in [-0.1, -0.05) is 0 Å². The topological polar surface area (TPSA) is 45.5 Å². The lowest BCUT2D eigenvalue weighted by molar-refractivity contribution is 0.0741. The van der Waals surface area contributed by atoms with E-state index >= 15 is 0 Å². The molecular weight excluding hydrogens is 252 g/mol. The fourth-order valence-electron chi connectivity index (χ4n) is 2.54. The highest BCUT2D eigenvalue weighted by atomic mass is 16.3. The minimum absolute atomic E-state index is 0.0543. The normalized spacial score (nSPS) is 12.8. The van der Waals surface area contributed by atoms with E-state index in [2.05, 4.69) is 5.32 Å². The van der Waals surface area contributed by atoms with Gasteiger partial charge in [-0.05, 0) is 49.2 Å². The van der Waals surface area contributed by atoms with Gasteiger partial charge in [0.2, 0.25) is 0 Å². The lowest BCUT2D eigenvalue weighted by Gasteiger charge is -2.20. The SMILES string of the molecule is CCN(Cc1ccco1)C(=O)c1ccc2c(c1)CCN2. The first-order valence-corrected chi connectivity index (χ1v) is 6.96. The molecular formula is C16H18N2O2. The number of hydrogen-bond donors (Lipinski definition) is 1. The largest absolute Gasteiger partial charge is 0.467 e. The molecule has 1 aliphatic heterocycles. The van der Waals surface area contributed by atoms with Crippen LogP contribution in [0.3, 0.4) is 0 Å². The van der Waals surface area contributed by atoms with Crippen LogP contribution < -0.4 is 5.32 Å². The number of benzene rings is 1. The maximum Gasteiger partial charge on any atom is 0.254 e. The lowest BCUT2D eigenvalue weighted by atomic mass is 10.1. The van der Waals surface area contributed by atoms with Crippen LogP contribution in [0.25, 0.3) is 0 Å². The second-order valence-corrected chi connectivity index (χ2v) is 4.95. The van der Waals surface area contributed by atoms with Crippen LogP contribution >= 0.6 is 0 Å². The minimum Gasteiger partial charge on any atom is -0.467 e. The Balaban J connectivity index is 1.79. The number of hydrogen-bond acceptors (Lipinski definition) is 3. The summed E-state index contributed by atoms with van der Waals surface area (Å²) in [5, 5.41) is 3.31. The van der Waals surface area contributed by atoms with E-state index in [0.29, 0.717) is 13.1 Å². The molecule has 0 aliphatic carbocycles. The number of nitrogens with zero attached hydrogens (tertiary/aromatic N) is 1. The van der Waals surface area contributed by atoms with Crippen molar-refractivity contribution < 1.29 is 9.21 Å². The van der Waals surface area contributed by atoms with Crippen molar-refractivity contribution in [3.63, 3.8) is 0 Å². The molecule has 0 saturated heterocycles. The number of amides is 1. The van der Waals surface area contributed by atoms with E-state index in [4.69, 9.17) is 4.42 Å². The van der Waals surface area contributed by atoms with Gasteiger partial charge in [0.25, 0.3) is 5.91 Å². The zero-order valence-corrected chi connectivity index (χ0v) is 11.6. The highest BCUT2D eigenvalue weighted by Crippen LogP contribution is 2.24. The number of nitrogens with one attached hydrogen (secondary N) is 1. The molecule has 2 heterocycles. The summed E-state index contributed by atoms with van der Waals surface area (Å²) in [4.78, 5) is 14.4. The zero-order chi connectivity index (χ0) is 13.9. The molecule has 1 aliphatic rings. The van der Waals surface area contributed by atoms with E-state index in [0.717, 1.165) is 30.0 Å². The molecule has 3 rings (SSSR count). The Morgan fingerprint density at radius 2 is 2.30 bits per heavy atom. The third-order valence-electron chi connectivity index (χ3n) is 3.66. The molecule has 1 aromatic heterocycles. The molecule has 0 radical (unpaired) electrons. The van der Waals surface area contributed by atoms with Crippen LogP contribution in [0.1, 0.15) is 28.6 Å². The third kappa shape index (κ3) is 2.41. The predicted octanol–water partition coefficient (Wildman–Crippen LogP) is 2.91. The molecule has 20 heavy (non-hydrogen) atoms. The van der Waals surface area contributed by atoms with Gasteiger partial charge in [0.15, 0.2) is 0 Å². The Kier molecular flexibility index (Phi) is 3.46. The lowest BCUT2D eigenvalue weighted by Crippen LogP contribution is -2.30. The van der Waals surface area contributed by atoms with Crippen LogP contribution in [0, 0.1) is 0 Å². The van der Waals surface area contributed by atoms with Gasteiger partial charge < -0.3 is 14.6 Å². The van der Waals surface area contributed by atoms with Crippen LogP contribution in [0.15, 0.2) is 41.0 Å². The van der Waals surface area contributed by atoms with Gasteiger partial charge >= 0.3 is 0 Å². The zero-order valence-electron chi connectivity index (χ0n) is 11.6. The van der Waals surface area contributed by atoms with E-state index in [1.807, 2.05) is 37.3 Å². The van der Waals surface area contributed by atoms with Crippen molar-refractivity contribution >= 4 is 11.6 Å². The molecule has 0 fully saturated rings. The molecule has 2 aromatic rings. The molecule has 1 amide bonds. The molecule has 0 spiro atoms. The van der Waals surface area contributed by atoms with Crippen molar-refractivity contribution in [3.05, 3.63) is 53.5 Å². The fraction of sp³-hybridized carbons (Fsp3) is 0.312. The van der Waals surface area contributed by atoms with Crippen molar-refractivity contribution in [2.75, 3.05) is 18.4 Å². The molecule has 0 atom stereocenters. The molecule has 0 unspecified atom stereocenters. The van der Waals surface area contributed by atoms with Gasteiger partial charge in [0.05, 0.1) is 12.8 Å². The predicted molar refractivity (Wildman–Crippen MR) is 77.8 cm³/mol. The number of carbonyl (C=O) groups is 1. The smallest absolute Gasteiger partial charge is 0.254 e. The Morgan fingerprint density at radius 1 is 1.40 bits per heavy atom. The van der Waals surface area contributed by atoms with E-state index in [1.54, 1.807) is 11.2 Å². The third-order valence-corrected chi connectivity index (χ3v) is 3.66. The van der Waals surface area contributed by atoms with Gasteiger partial charge in [-0.3, -0.25) is 4.79 Å². The summed E-state index contributed by atoms with van der Waals surface area (Å²) in [6, 6.07) is 9.63. The van der Waals surface area contributed by atoms with Crippen LogP contribution in [0.2, 0.25) is 0 Å². The summed E-state index contributed by atoms with van der Waals surface area (Å²) in [5.41, 5.74) is 3.13. The first-order chi connectivity index (χ1) is 9.78. The number of carbonyl (C=O) groups excluding carboxylic acids is 1. The fourth-order valence-corrected chi connectivity index (χ4v) is 2.54. The van der Waals surface area contributed by atoms with Crippen LogP contribution in [0.5, 0.6) is 0 Å². The quantitative estimate of drug-likeness (QED) is 0.929. The van der Waals surface area contributed by atoms with Crippen molar-refractivity contribution in [3.8, 4) is 0 Å². The Labute approximate surface area is 118 Å². The summed E-state index contributed by atoms with van der Waals surface area (Å²) in [6.45, 7) is 4.11. The van der Waals surface area contributed by atoms with Gasteiger partial charge in [-0.25, -0.2) is 0 Å². The Bertz CT molecular complexity index is 605. The Morgan fingerprint density at radius 3 is 3.05 bits per heavy atom. The summed E-state index contributed by atoms with van der Waals surface area (Å²) in [7, 11) is 0. The molecule has 104 valence electrons. The number of rotatable bonds is 4. The number of anilines is 1. The number of furan rings is 1. The Hall–Kier alpha value is -2.23. The van der Waals surface area contributed by atoms with E-state index in [1.165, 1.54) is 5.56 Å².